The lowest BCUT2D eigenvalue weighted by Crippen LogP contribution is -1.94. The minimum atomic E-state index is 0.639. The van der Waals surface area contributed by atoms with Crippen molar-refractivity contribution in [3.63, 3.8) is 0 Å². The molecule has 0 N–H and O–H groups in total. The highest BCUT2D eigenvalue weighted by molar-refractivity contribution is 5.74. The second kappa shape index (κ2) is 3.57. The van der Waals surface area contributed by atoms with E-state index < -0.39 is 0 Å². The lowest BCUT2D eigenvalue weighted by molar-refractivity contribution is 0.339. The number of rotatable bonds is 2. The van der Waals surface area contributed by atoms with Crippen LogP contribution in [0.2, 0.25) is 0 Å². The molecule has 0 aromatic carbocycles. The van der Waals surface area contributed by atoms with Gasteiger partial charge >= 0.3 is 0 Å². The maximum atomic E-state index is 5.33. The molecule has 0 spiro atoms. The average Bonchev–Trinajstić information content (AvgIpc) is 2.19. The smallest absolute Gasteiger partial charge is 0.163 e. The van der Waals surface area contributed by atoms with Crippen molar-refractivity contribution in [2.75, 3.05) is 6.61 Å². The van der Waals surface area contributed by atoms with Gasteiger partial charge in [0.25, 0.3) is 0 Å². The molecule has 0 saturated carbocycles. The Hall–Kier alpha value is -1.71. The van der Waals surface area contributed by atoms with Crippen molar-refractivity contribution >= 4 is 11.0 Å². The number of hydrogen-bond acceptors (Lipinski definition) is 4. The summed E-state index contributed by atoms with van der Waals surface area (Å²) in [6.07, 6.45) is 3.44. The van der Waals surface area contributed by atoms with Gasteiger partial charge in [-0.15, -0.1) is 0 Å². The van der Waals surface area contributed by atoms with Crippen LogP contribution < -0.4 is 4.74 Å². The highest BCUT2D eigenvalue weighted by atomic mass is 16.5. The molecule has 0 aliphatic rings. The van der Waals surface area contributed by atoms with Crippen LogP contribution in [0, 0.1) is 6.92 Å². The standard InChI is InChI=1S/C10H11N3O/c1-3-14-9-4-8-5-11-7(2)13-10(8)12-6-9/h4-6H,3H2,1-2H3. The van der Waals surface area contributed by atoms with Gasteiger partial charge in [-0.1, -0.05) is 0 Å². The van der Waals surface area contributed by atoms with Crippen LogP contribution in [0.1, 0.15) is 12.7 Å². The number of aromatic nitrogens is 3. The van der Waals surface area contributed by atoms with Crippen molar-refractivity contribution in [1.29, 1.82) is 0 Å². The fourth-order valence-electron chi connectivity index (χ4n) is 1.23. The molecule has 14 heavy (non-hydrogen) atoms. The first-order valence-corrected chi connectivity index (χ1v) is 4.52. The van der Waals surface area contributed by atoms with Gasteiger partial charge in [0.2, 0.25) is 0 Å². The molecular formula is C10H11N3O. The molecule has 2 heterocycles. The Morgan fingerprint density at radius 2 is 2.14 bits per heavy atom. The van der Waals surface area contributed by atoms with Crippen molar-refractivity contribution in [2.24, 2.45) is 0 Å². The fourth-order valence-corrected chi connectivity index (χ4v) is 1.23. The Balaban J connectivity index is 2.50. The van der Waals surface area contributed by atoms with Gasteiger partial charge in [-0.25, -0.2) is 15.0 Å². The molecule has 2 rings (SSSR count). The third-order valence-electron chi connectivity index (χ3n) is 1.84. The second-order valence-corrected chi connectivity index (χ2v) is 2.93. The summed E-state index contributed by atoms with van der Waals surface area (Å²) in [5, 5.41) is 0.904. The molecule has 0 saturated heterocycles. The van der Waals surface area contributed by atoms with Crippen molar-refractivity contribution in [1.82, 2.24) is 15.0 Å². The van der Waals surface area contributed by atoms with E-state index in [9.17, 15) is 0 Å². The topological polar surface area (TPSA) is 47.9 Å². The summed E-state index contributed by atoms with van der Waals surface area (Å²) in [5.41, 5.74) is 0.709. The Labute approximate surface area is 82.0 Å². The van der Waals surface area contributed by atoms with E-state index in [1.807, 2.05) is 19.9 Å². The van der Waals surface area contributed by atoms with E-state index in [0.29, 0.717) is 12.3 Å². The zero-order valence-electron chi connectivity index (χ0n) is 8.19. The predicted octanol–water partition coefficient (Wildman–Crippen LogP) is 1.73. The normalized spacial score (nSPS) is 10.4. The van der Waals surface area contributed by atoms with E-state index in [1.165, 1.54) is 0 Å². The molecule has 2 aromatic rings. The first kappa shape index (κ1) is 8.87. The molecule has 0 atom stereocenters. The van der Waals surface area contributed by atoms with Crippen LogP contribution in [0.5, 0.6) is 5.75 Å². The third kappa shape index (κ3) is 1.64. The third-order valence-corrected chi connectivity index (χ3v) is 1.84. The van der Waals surface area contributed by atoms with Crippen LogP contribution in [-0.2, 0) is 0 Å². The monoisotopic (exact) mass is 189 g/mol. The molecular weight excluding hydrogens is 178 g/mol. The average molecular weight is 189 g/mol. The quantitative estimate of drug-likeness (QED) is 0.721. The summed E-state index contributed by atoms with van der Waals surface area (Å²) < 4.78 is 5.33. The van der Waals surface area contributed by atoms with E-state index in [0.717, 1.165) is 17.0 Å². The highest BCUT2D eigenvalue weighted by Crippen LogP contribution is 2.15. The van der Waals surface area contributed by atoms with Crippen LogP contribution in [-0.4, -0.2) is 21.6 Å². The van der Waals surface area contributed by atoms with E-state index in [1.54, 1.807) is 12.4 Å². The summed E-state index contributed by atoms with van der Waals surface area (Å²) in [5.74, 6) is 1.49. The number of aryl methyl sites for hydroxylation is 1. The van der Waals surface area contributed by atoms with Crippen LogP contribution in [0.15, 0.2) is 18.5 Å². The Bertz CT molecular complexity index is 456. The Morgan fingerprint density at radius 1 is 1.29 bits per heavy atom. The minimum absolute atomic E-state index is 0.639. The minimum Gasteiger partial charge on any atom is -0.492 e. The molecule has 0 bridgehead atoms. The second-order valence-electron chi connectivity index (χ2n) is 2.93. The van der Waals surface area contributed by atoms with Crippen molar-refractivity contribution < 1.29 is 4.74 Å². The molecule has 0 aliphatic carbocycles. The summed E-state index contributed by atoms with van der Waals surface area (Å²) in [6.45, 7) is 4.42. The van der Waals surface area contributed by atoms with E-state index in [-0.39, 0.29) is 0 Å². The van der Waals surface area contributed by atoms with Crippen molar-refractivity contribution in [3.05, 3.63) is 24.3 Å². The molecule has 0 fully saturated rings. The molecule has 4 heteroatoms. The molecule has 0 amide bonds. The summed E-state index contributed by atoms with van der Waals surface area (Å²) in [7, 11) is 0. The van der Waals surface area contributed by atoms with Gasteiger partial charge in [0.15, 0.2) is 5.65 Å². The number of fused-ring (bicyclic) bond motifs is 1. The lowest BCUT2D eigenvalue weighted by atomic mass is 10.3. The van der Waals surface area contributed by atoms with Crippen LogP contribution in [0.3, 0.4) is 0 Å². The number of nitrogens with zero attached hydrogens (tertiary/aromatic N) is 3. The first-order chi connectivity index (χ1) is 6.79. The summed E-state index contributed by atoms with van der Waals surface area (Å²) >= 11 is 0. The zero-order valence-corrected chi connectivity index (χ0v) is 8.19. The Morgan fingerprint density at radius 3 is 2.93 bits per heavy atom. The lowest BCUT2D eigenvalue weighted by Gasteiger charge is -2.03. The molecule has 0 unspecified atom stereocenters. The number of pyridine rings is 1. The largest absolute Gasteiger partial charge is 0.492 e. The fraction of sp³-hybridized carbons (Fsp3) is 0.300. The van der Waals surface area contributed by atoms with Gasteiger partial charge in [-0.3, -0.25) is 0 Å². The van der Waals surface area contributed by atoms with E-state index >= 15 is 0 Å². The van der Waals surface area contributed by atoms with Crippen LogP contribution in [0.4, 0.5) is 0 Å². The van der Waals surface area contributed by atoms with Gasteiger partial charge in [0.05, 0.1) is 12.8 Å². The first-order valence-electron chi connectivity index (χ1n) is 4.52. The van der Waals surface area contributed by atoms with Crippen LogP contribution >= 0.6 is 0 Å². The molecule has 2 aromatic heterocycles. The summed E-state index contributed by atoms with van der Waals surface area (Å²) in [4.78, 5) is 12.5. The van der Waals surface area contributed by atoms with Crippen LogP contribution in [0.25, 0.3) is 11.0 Å². The maximum absolute atomic E-state index is 5.33. The molecule has 4 nitrogen and oxygen atoms in total. The predicted molar refractivity (Wildman–Crippen MR) is 53.2 cm³/mol. The van der Waals surface area contributed by atoms with Gasteiger partial charge in [0.1, 0.15) is 11.6 Å². The number of ether oxygens (including phenoxy) is 1. The maximum Gasteiger partial charge on any atom is 0.163 e. The molecule has 0 radical (unpaired) electrons. The molecule has 0 aliphatic heterocycles. The number of hydrogen-bond donors (Lipinski definition) is 0. The van der Waals surface area contributed by atoms with Gasteiger partial charge in [-0.2, -0.15) is 0 Å². The Kier molecular flexibility index (Phi) is 2.26. The van der Waals surface area contributed by atoms with Gasteiger partial charge in [-0.05, 0) is 19.9 Å². The highest BCUT2D eigenvalue weighted by Gasteiger charge is 1.99. The van der Waals surface area contributed by atoms with Crippen molar-refractivity contribution in [2.45, 2.75) is 13.8 Å². The van der Waals surface area contributed by atoms with Crippen molar-refractivity contribution in [3.8, 4) is 5.75 Å². The van der Waals surface area contributed by atoms with Gasteiger partial charge < -0.3 is 4.74 Å². The van der Waals surface area contributed by atoms with E-state index in [4.69, 9.17) is 4.74 Å². The molecule has 72 valence electrons. The zero-order chi connectivity index (χ0) is 9.97. The van der Waals surface area contributed by atoms with Gasteiger partial charge in [0, 0.05) is 11.6 Å². The summed E-state index contributed by atoms with van der Waals surface area (Å²) in [6, 6.07) is 1.89. The van der Waals surface area contributed by atoms with E-state index in [2.05, 4.69) is 15.0 Å². The SMILES string of the molecule is CCOc1cnc2nc(C)ncc2c1.